The Kier molecular flexibility index (Phi) is 3.88. The van der Waals surface area contributed by atoms with E-state index in [-0.39, 0.29) is 0 Å². The van der Waals surface area contributed by atoms with Crippen LogP contribution in [-0.4, -0.2) is 48.9 Å². The molecule has 1 atom stereocenters. The van der Waals surface area contributed by atoms with Gasteiger partial charge in [0.15, 0.2) is 6.29 Å². The molecule has 1 aliphatic rings. The minimum absolute atomic E-state index is 0.352. The number of rotatable bonds is 2. The van der Waals surface area contributed by atoms with Gasteiger partial charge in [-0.05, 0) is 39.1 Å². The third kappa shape index (κ3) is 2.76. The number of likely N-dealkylation sites (N-methyl/N-ethyl adjacent to an activating group) is 1. The van der Waals surface area contributed by atoms with E-state index in [0.717, 1.165) is 49.1 Å². The summed E-state index contributed by atoms with van der Waals surface area (Å²) in [5.74, 6) is 0.825. The highest BCUT2D eigenvalue weighted by Crippen LogP contribution is 2.25. The van der Waals surface area contributed by atoms with Gasteiger partial charge in [0.25, 0.3) is 0 Å². The van der Waals surface area contributed by atoms with Gasteiger partial charge < -0.3 is 9.80 Å². The molecule has 1 aromatic heterocycles. The zero-order chi connectivity index (χ0) is 14.8. The number of pyridine rings is 1. The number of para-hydroxylation sites is 1. The third-order valence-electron chi connectivity index (χ3n) is 4.18. The highest BCUT2D eigenvalue weighted by Gasteiger charge is 2.23. The van der Waals surface area contributed by atoms with Gasteiger partial charge in [-0.15, -0.1) is 0 Å². The van der Waals surface area contributed by atoms with E-state index in [0.29, 0.717) is 11.6 Å². The van der Waals surface area contributed by atoms with Crippen molar-refractivity contribution in [1.82, 2.24) is 9.88 Å². The Labute approximate surface area is 125 Å². The SMILES string of the molecule is CC1CN(C)CCCN1c1nc2ccccc2cc1C=O. The summed E-state index contributed by atoms with van der Waals surface area (Å²) >= 11 is 0. The van der Waals surface area contributed by atoms with Crippen LogP contribution < -0.4 is 4.90 Å². The number of hydrogen-bond acceptors (Lipinski definition) is 4. The predicted molar refractivity (Wildman–Crippen MR) is 86.1 cm³/mol. The van der Waals surface area contributed by atoms with Crippen molar-refractivity contribution in [1.29, 1.82) is 0 Å². The Morgan fingerprint density at radius 1 is 1.29 bits per heavy atom. The van der Waals surface area contributed by atoms with Gasteiger partial charge >= 0.3 is 0 Å². The van der Waals surface area contributed by atoms with Crippen molar-refractivity contribution in [2.75, 3.05) is 31.6 Å². The number of carbonyl (C=O) groups is 1. The van der Waals surface area contributed by atoms with Crippen molar-refractivity contribution in [3.8, 4) is 0 Å². The summed E-state index contributed by atoms with van der Waals surface area (Å²) in [6.45, 7) is 5.22. The van der Waals surface area contributed by atoms with Gasteiger partial charge in [0.05, 0.1) is 11.1 Å². The number of hydrogen-bond donors (Lipinski definition) is 0. The third-order valence-corrected chi connectivity index (χ3v) is 4.18. The summed E-state index contributed by atoms with van der Waals surface area (Å²) in [5, 5.41) is 1.02. The van der Waals surface area contributed by atoms with Crippen LogP contribution in [0.15, 0.2) is 30.3 Å². The fourth-order valence-corrected chi connectivity index (χ4v) is 3.13. The maximum absolute atomic E-state index is 11.5. The molecule has 3 rings (SSSR count). The lowest BCUT2D eigenvalue weighted by atomic mass is 10.1. The van der Waals surface area contributed by atoms with Gasteiger partial charge in [0, 0.05) is 24.5 Å². The molecule has 1 unspecified atom stereocenters. The number of benzene rings is 1. The fourth-order valence-electron chi connectivity index (χ4n) is 3.13. The normalized spacial score (nSPS) is 20.5. The summed E-state index contributed by atoms with van der Waals surface area (Å²) in [6, 6.07) is 10.3. The van der Waals surface area contributed by atoms with Crippen molar-refractivity contribution in [3.63, 3.8) is 0 Å². The molecule has 21 heavy (non-hydrogen) atoms. The van der Waals surface area contributed by atoms with Crippen molar-refractivity contribution in [2.45, 2.75) is 19.4 Å². The molecule has 2 heterocycles. The Hall–Kier alpha value is -1.94. The van der Waals surface area contributed by atoms with Crippen LogP contribution in [0.5, 0.6) is 0 Å². The molecule has 0 aliphatic carbocycles. The zero-order valence-corrected chi connectivity index (χ0v) is 12.6. The van der Waals surface area contributed by atoms with Gasteiger partial charge in [0.1, 0.15) is 5.82 Å². The molecule has 1 aliphatic heterocycles. The van der Waals surface area contributed by atoms with Gasteiger partial charge in [-0.2, -0.15) is 0 Å². The maximum Gasteiger partial charge on any atom is 0.153 e. The summed E-state index contributed by atoms with van der Waals surface area (Å²) in [7, 11) is 2.15. The second kappa shape index (κ2) is 5.82. The van der Waals surface area contributed by atoms with Crippen LogP contribution in [0.1, 0.15) is 23.7 Å². The molecule has 0 radical (unpaired) electrons. The summed E-state index contributed by atoms with van der Waals surface area (Å²) in [5.41, 5.74) is 1.63. The standard InChI is InChI=1S/C17H21N3O/c1-13-11-19(2)8-5-9-20(13)17-15(12-21)10-14-6-3-4-7-16(14)18-17/h3-4,6-7,10,12-13H,5,8-9,11H2,1-2H3. The van der Waals surface area contributed by atoms with Gasteiger partial charge in [-0.3, -0.25) is 4.79 Å². The molecular formula is C17H21N3O. The Balaban J connectivity index is 2.07. The second-order valence-corrected chi connectivity index (χ2v) is 5.87. The van der Waals surface area contributed by atoms with E-state index in [2.05, 4.69) is 23.8 Å². The van der Waals surface area contributed by atoms with E-state index in [9.17, 15) is 4.79 Å². The lowest BCUT2D eigenvalue weighted by Crippen LogP contribution is -2.39. The lowest BCUT2D eigenvalue weighted by molar-refractivity contribution is 0.112. The number of nitrogens with zero attached hydrogens (tertiary/aromatic N) is 3. The molecule has 2 aromatic rings. The first kappa shape index (κ1) is 14.0. The van der Waals surface area contributed by atoms with Crippen LogP contribution in [0.4, 0.5) is 5.82 Å². The van der Waals surface area contributed by atoms with E-state index in [1.54, 1.807) is 0 Å². The largest absolute Gasteiger partial charge is 0.352 e. The van der Waals surface area contributed by atoms with E-state index in [1.165, 1.54) is 0 Å². The molecule has 0 N–H and O–H groups in total. The molecule has 0 saturated carbocycles. The number of aromatic nitrogens is 1. The number of aldehydes is 1. The Morgan fingerprint density at radius 3 is 2.90 bits per heavy atom. The molecule has 0 bridgehead atoms. The minimum atomic E-state index is 0.352. The van der Waals surface area contributed by atoms with Crippen LogP contribution >= 0.6 is 0 Å². The molecule has 110 valence electrons. The molecule has 0 spiro atoms. The van der Waals surface area contributed by atoms with Gasteiger partial charge in [-0.25, -0.2) is 4.98 Å². The van der Waals surface area contributed by atoms with Crippen LogP contribution in [0.2, 0.25) is 0 Å². The maximum atomic E-state index is 11.5. The summed E-state index contributed by atoms with van der Waals surface area (Å²) in [4.78, 5) is 20.9. The predicted octanol–water partition coefficient (Wildman–Crippen LogP) is 2.58. The van der Waals surface area contributed by atoms with Crippen molar-refractivity contribution in [2.24, 2.45) is 0 Å². The van der Waals surface area contributed by atoms with Crippen LogP contribution in [-0.2, 0) is 0 Å². The highest BCUT2D eigenvalue weighted by atomic mass is 16.1. The molecule has 4 nitrogen and oxygen atoms in total. The lowest BCUT2D eigenvalue weighted by Gasteiger charge is -2.30. The molecule has 4 heteroatoms. The van der Waals surface area contributed by atoms with Crippen molar-refractivity contribution < 1.29 is 4.79 Å². The minimum Gasteiger partial charge on any atom is -0.352 e. The molecule has 0 amide bonds. The topological polar surface area (TPSA) is 36.4 Å². The molecule has 1 saturated heterocycles. The van der Waals surface area contributed by atoms with E-state index in [4.69, 9.17) is 4.98 Å². The summed E-state index contributed by atoms with van der Waals surface area (Å²) < 4.78 is 0. The highest BCUT2D eigenvalue weighted by molar-refractivity contribution is 5.91. The van der Waals surface area contributed by atoms with Crippen molar-refractivity contribution in [3.05, 3.63) is 35.9 Å². The number of fused-ring (bicyclic) bond motifs is 1. The first-order valence-corrected chi connectivity index (χ1v) is 7.49. The molecule has 1 aromatic carbocycles. The van der Waals surface area contributed by atoms with Crippen molar-refractivity contribution >= 4 is 23.0 Å². The molecule has 1 fully saturated rings. The number of carbonyl (C=O) groups excluding carboxylic acids is 1. The van der Waals surface area contributed by atoms with E-state index < -0.39 is 0 Å². The first-order valence-electron chi connectivity index (χ1n) is 7.49. The Morgan fingerprint density at radius 2 is 2.10 bits per heavy atom. The molecular weight excluding hydrogens is 262 g/mol. The average Bonchev–Trinajstić information content (AvgIpc) is 2.66. The van der Waals surface area contributed by atoms with E-state index in [1.807, 2.05) is 30.3 Å². The second-order valence-electron chi connectivity index (χ2n) is 5.87. The van der Waals surface area contributed by atoms with Gasteiger partial charge in [0.2, 0.25) is 0 Å². The number of anilines is 1. The average molecular weight is 283 g/mol. The quantitative estimate of drug-likeness (QED) is 0.794. The van der Waals surface area contributed by atoms with Crippen LogP contribution in [0.25, 0.3) is 10.9 Å². The summed E-state index contributed by atoms with van der Waals surface area (Å²) in [6.07, 6.45) is 2.02. The zero-order valence-electron chi connectivity index (χ0n) is 12.6. The van der Waals surface area contributed by atoms with Gasteiger partial charge in [-0.1, -0.05) is 18.2 Å². The fraction of sp³-hybridized carbons (Fsp3) is 0.412. The monoisotopic (exact) mass is 283 g/mol. The van der Waals surface area contributed by atoms with E-state index >= 15 is 0 Å². The Bertz CT molecular complexity index is 656. The van der Waals surface area contributed by atoms with Crippen LogP contribution in [0, 0.1) is 0 Å². The van der Waals surface area contributed by atoms with Crippen LogP contribution in [0.3, 0.4) is 0 Å². The smallest absolute Gasteiger partial charge is 0.153 e. The first-order chi connectivity index (χ1) is 10.2.